The second-order valence-corrected chi connectivity index (χ2v) is 6.66. The molecule has 0 aliphatic carbocycles. The first kappa shape index (κ1) is 15.9. The van der Waals surface area contributed by atoms with Crippen LogP contribution in [0.5, 0.6) is 0 Å². The first-order chi connectivity index (χ1) is 9.96. The van der Waals surface area contributed by atoms with Crippen molar-refractivity contribution >= 4 is 27.3 Å². The van der Waals surface area contributed by atoms with E-state index < -0.39 is 10.0 Å². The summed E-state index contributed by atoms with van der Waals surface area (Å²) in [6.07, 6.45) is 2.48. The monoisotopic (exact) mass is 327 g/mol. The highest BCUT2D eigenvalue weighted by atomic mass is 35.5. The number of hydrogen-bond acceptors (Lipinski definition) is 3. The number of benzene rings is 1. The van der Waals surface area contributed by atoms with Crippen LogP contribution in [0.4, 0.5) is 5.69 Å². The molecule has 0 amide bonds. The molecule has 0 spiro atoms. The summed E-state index contributed by atoms with van der Waals surface area (Å²) in [4.78, 5) is 4.13. The second-order valence-electron chi connectivity index (χ2n) is 4.76. The van der Waals surface area contributed by atoms with Gasteiger partial charge in [-0.15, -0.1) is 11.6 Å². The minimum Gasteiger partial charge on any atom is -0.334 e. The average molecular weight is 328 g/mol. The fraction of sp³-hybridized carbons (Fsp3) is 0.357. The minimum atomic E-state index is -3.68. The number of hydrogen-bond donors (Lipinski definition) is 1. The Hall–Kier alpha value is -1.53. The highest BCUT2D eigenvalue weighted by Gasteiger charge is 2.19. The average Bonchev–Trinajstić information content (AvgIpc) is 2.81. The lowest BCUT2D eigenvalue weighted by Crippen LogP contribution is -2.13. The van der Waals surface area contributed by atoms with Gasteiger partial charge in [0.1, 0.15) is 5.82 Å². The van der Waals surface area contributed by atoms with Gasteiger partial charge < -0.3 is 4.57 Å². The molecule has 0 radical (unpaired) electrons. The predicted molar refractivity (Wildman–Crippen MR) is 84.1 cm³/mol. The third-order valence-electron chi connectivity index (χ3n) is 3.03. The first-order valence-corrected chi connectivity index (χ1v) is 8.69. The van der Waals surface area contributed by atoms with Gasteiger partial charge in [-0.2, -0.15) is 8.42 Å². The summed E-state index contributed by atoms with van der Waals surface area (Å²) in [5.41, 5.74) is 1.33. The number of sulfonamides is 1. The predicted octanol–water partition coefficient (Wildman–Crippen LogP) is 3.14. The molecule has 21 heavy (non-hydrogen) atoms. The molecule has 0 aliphatic rings. The number of imidazole rings is 1. The normalized spacial score (nSPS) is 11.6. The van der Waals surface area contributed by atoms with E-state index in [4.69, 9.17) is 11.6 Å². The van der Waals surface area contributed by atoms with E-state index in [0.717, 1.165) is 18.5 Å². The quantitative estimate of drug-likeness (QED) is 0.829. The van der Waals surface area contributed by atoms with Crippen LogP contribution in [-0.4, -0.2) is 18.0 Å². The first-order valence-electron chi connectivity index (χ1n) is 6.67. The molecule has 1 aromatic heterocycles. The van der Waals surface area contributed by atoms with Crippen LogP contribution in [0.15, 0.2) is 35.5 Å². The molecular formula is C14H18ClN3O2S. The number of nitrogens with zero attached hydrogens (tertiary/aromatic N) is 2. The molecule has 2 aromatic rings. The van der Waals surface area contributed by atoms with E-state index in [-0.39, 0.29) is 5.03 Å². The highest BCUT2D eigenvalue weighted by Crippen LogP contribution is 2.18. The van der Waals surface area contributed by atoms with Crippen LogP contribution in [0.2, 0.25) is 0 Å². The Morgan fingerprint density at radius 3 is 2.81 bits per heavy atom. The van der Waals surface area contributed by atoms with Crippen LogP contribution < -0.4 is 4.72 Å². The van der Waals surface area contributed by atoms with Crippen molar-refractivity contribution in [3.63, 3.8) is 0 Å². The van der Waals surface area contributed by atoms with Crippen molar-refractivity contribution in [3.05, 3.63) is 41.9 Å². The van der Waals surface area contributed by atoms with Gasteiger partial charge in [-0.3, -0.25) is 4.72 Å². The number of rotatable bonds is 6. The summed E-state index contributed by atoms with van der Waals surface area (Å²) in [6, 6.07) is 6.99. The van der Waals surface area contributed by atoms with Crippen molar-refractivity contribution in [2.24, 2.45) is 0 Å². The number of halogens is 1. The zero-order valence-electron chi connectivity index (χ0n) is 12.0. The van der Waals surface area contributed by atoms with Gasteiger partial charge >= 0.3 is 0 Å². The van der Waals surface area contributed by atoms with E-state index in [1.165, 1.54) is 0 Å². The van der Waals surface area contributed by atoms with E-state index in [2.05, 4.69) is 9.71 Å². The van der Waals surface area contributed by atoms with Crippen molar-refractivity contribution in [1.29, 1.82) is 0 Å². The minimum absolute atomic E-state index is 0.0322. The maximum atomic E-state index is 12.4. The van der Waals surface area contributed by atoms with Gasteiger partial charge in [0.25, 0.3) is 10.0 Å². The number of alkyl halides is 1. The zero-order valence-corrected chi connectivity index (χ0v) is 13.6. The van der Waals surface area contributed by atoms with E-state index in [1.807, 2.05) is 17.6 Å². The third-order valence-corrected chi connectivity index (χ3v) is 4.59. The molecule has 0 aliphatic heterocycles. The Morgan fingerprint density at radius 1 is 1.38 bits per heavy atom. The standard InChI is InChI=1S/C14H18ClN3O2S/c1-3-7-18-10-14(16-11(18)2)21(19,20)17-13-6-4-5-12(8-13)9-15/h4-6,8,10,17H,3,7,9H2,1-2H3. The van der Waals surface area contributed by atoms with Gasteiger partial charge in [-0.1, -0.05) is 19.1 Å². The van der Waals surface area contributed by atoms with Crippen molar-refractivity contribution in [3.8, 4) is 0 Å². The molecule has 1 aromatic carbocycles. The van der Waals surface area contributed by atoms with Crippen molar-refractivity contribution in [2.45, 2.75) is 37.7 Å². The summed E-state index contributed by atoms with van der Waals surface area (Å²) >= 11 is 5.75. The topological polar surface area (TPSA) is 64.0 Å². The Labute approximate surface area is 130 Å². The largest absolute Gasteiger partial charge is 0.334 e. The molecule has 0 bridgehead atoms. The van der Waals surface area contributed by atoms with Gasteiger partial charge in [0.15, 0.2) is 5.03 Å². The Balaban J connectivity index is 2.27. The van der Waals surface area contributed by atoms with Gasteiger partial charge in [0.05, 0.1) is 0 Å². The highest BCUT2D eigenvalue weighted by molar-refractivity contribution is 7.92. The van der Waals surface area contributed by atoms with Crippen molar-refractivity contribution in [2.75, 3.05) is 4.72 Å². The molecule has 0 unspecified atom stereocenters. The molecule has 5 nitrogen and oxygen atoms in total. The Morgan fingerprint density at radius 2 is 2.14 bits per heavy atom. The molecule has 0 saturated heterocycles. The lowest BCUT2D eigenvalue weighted by Gasteiger charge is -2.06. The van der Waals surface area contributed by atoms with E-state index in [1.54, 1.807) is 31.3 Å². The fourth-order valence-corrected chi connectivity index (χ4v) is 3.23. The fourth-order valence-electron chi connectivity index (χ4n) is 2.00. The van der Waals surface area contributed by atoms with Gasteiger partial charge in [0, 0.05) is 24.3 Å². The summed E-state index contributed by atoms with van der Waals surface area (Å²) in [5, 5.41) is 0.0322. The maximum Gasteiger partial charge on any atom is 0.280 e. The van der Waals surface area contributed by atoms with Crippen molar-refractivity contribution in [1.82, 2.24) is 9.55 Å². The summed E-state index contributed by atoms with van der Waals surface area (Å²) in [7, 11) is -3.68. The van der Waals surface area contributed by atoms with E-state index >= 15 is 0 Å². The number of anilines is 1. The summed E-state index contributed by atoms with van der Waals surface area (Å²) in [6.45, 7) is 4.57. The van der Waals surface area contributed by atoms with Gasteiger partial charge in [-0.25, -0.2) is 4.98 Å². The Kier molecular flexibility index (Phi) is 4.90. The lowest BCUT2D eigenvalue weighted by molar-refractivity contribution is 0.597. The molecule has 0 fully saturated rings. The zero-order chi connectivity index (χ0) is 15.5. The third kappa shape index (κ3) is 3.77. The molecule has 1 N–H and O–H groups in total. The molecule has 1 heterocycles. The number of aryl methyl sites for hydroxylation is 2. The van der Waals surface area contributed by atoms with Crippen LogP contribution in [0.25, 0.3) is 0 Å². The number of nitrogens with one attached hydrogen (secondary N) is 1. The second kappa shape index (κ2) is 6.49. The van der Waals surface area contributed by atoms with Crippen LogP contribution in [-0.2, 0) is 22.4 Å². The molecule has 0 atom stereocenters. The van der Waals surface area contributed by atoms with Crippen molar-refractivity contribution < 1.29 is 8.42 Å². The molecule has 0 saturated carbocycles. The van der Waals surface area contributed by atoms with Crippen LogP contribution in [0.3, 0.4) is 0 Å². The van der Waals surface area contributed by atoms with E-state index in [9.17, 15) is 8.42 Å². The van der Waals surface area contributed by atoms with Crippen LogP contribution >= 0.6 is 11.6 Å². The molecule has 2 rings (SSSR count). The lowest BCUT2D eigenvalue weighted by atomic mass is 10.2. The molecular weight excluding hydrogens is 310 g/mol. The maximum absolute atomic E-state index is 12.4. The van der Waals surface area contributed by atoms with Gasteiger partial charge in [-0.05, 0) is 31.0 Å². The summed E-state index contributed by atoms with van der Waals surface area (Å²) in [5.74, 6) is 1.02. The number of aromatic nitrogens is 2. The summed E-state index contributed by atoms with van der Waals surface area (Å²) < 4.78 is 29.1. The van der Waals surface area contributed by atoms with E-state index in [0.29, 0.717) is 17.4 Å². The Bertz CT molecular complexity index is 726. The molecule has 114 valence electrons. The van der Waals surface area contributed by atoms with Crippen LogP contribution in [0.1, 0.15) is 24.7 Å². The van der Waals surface area contributed by atoms with Gasteiger partial charge in [0.2, 0.25) is 0 Å². The smallest absolute Gasteiger partial charge is 0.280 e. The van der Waals surface area contributed by atoms with Crippen LogP contribution in [0, 0.1) is 6.92 Å². The SMILES string of the molecule is CCCn1cc(S(=O)(=O)Nc2cccc(CCl)c2)nc1C. The molecule has 7 heteroatoms.